The lowest BCUT2D eigenvalue weighted by Gasteiger charge is -2.58. The van der Waals surface area contributed by atoms with Crippen LogP contribution in [0.4, 0.5) is 0 Å². The van der Waals surface area contributed by atoms with Crippen LogP contribution in [-0.4, -0.2) is 27.2 Å². The fourth-order valence-corrected chi connectivity index (χ4v) is 6.63. The fraction of sp³-hybridized carbons (Fsp3) is 0.895. The van der Waals surface area contributed by atoms with Crippen molar-refractivity contribution in [2.45, 2.75) is 77.1 Å². The van der Waals surface area contributed by atoms with Crippen molar-refractivity contribution in [1.29, 1.82) is 0 Å². The molecule has 1 unspecified atom stereocenters. The van der Waals surface area contributed by atoms with Gasteiger partial charge in [0.05, 0.1) is 6.10 Å². The smallest absolute Gasteiger partial charge is 0.168 e. The van der Waals surface area contributed by atoms with Crippen LogP contribution in [0.25, 0.3) is 0 Å². The van der Waals surface area contributed by atoms with Crippen LogP contribution in [0.5, 0.6) is 0 Å². The summed E-state index contributed by atoms with van der Waals surface area (Å²) >= 11 is 0. The topological polar surface area (TPSA) is 60.7 Å². The first-order valence-corrected chi connectivity index (χ1v) is 9.10. The molecule has 3 heteroatoms. The highest BCUT2D eigenvalue weighted by Crippen LogP contribution is 2.66. The Bertz CT molecular complexity index is 511. The zero-order chi connectivity index (χ0) is 15.8. The van der Waals surface area contributed by atoms with Gasteiger partial charge in [-0.15, -0.1) is 0 Å². The van der Waals surface area contributed by atoms with E-state index in [1.54, 1.807) is 0 Å². The Morgan fingerprint density at radius 2 is 1.73 bits per heavy atom. The van der Waals surface area contributed by atoms with Gasteiger partial charge in [0, 0.05) is 11.8 Å². The lowest BCUT2D eigenvalue weighted by atomic mass is 9.47. The number of aliphatic hydroxyl groups is 3. The lowest BCUT2D eigenvalue weighted by molar-refractivity contribution is -0.246. The largest absolute Gasteiger partial charge is 0.393 e. The molecular formula is C19H30O3. The first kappa shape index (κ1) is 15.2. The molecule has 0 amide bonds. The van der Waals surface area contributed by atoms with Gasteiger partial charge < -0.3 is 15.3 Å². The van der Waals surface area contributed by atoms with E-state index in [4.69, 9.17) is 0 Å². The standard InChI is InChI=1S/C19H30O3/c1-17-8-5-13(20)11-12(17)3-4-14-15(17)6-9-18(2)16(14)7-10-19(18,21)22/h3,13-16,20-22H,4-11H2,1-2H3/t13?,14-,15-,16+,17+,18+/m1/s1. The Kier molecular flexibility index (Phi) is 3.16. The molecule has 6 atom stereocenters. The van der Waals surface area contributed by atoms with Crippen molar-refractivity contribution >= 4 is 0 Å². The van der Waals surface area contributed by atoms with Crippen molar-refractivity contribution in [2.75, 3.05) is 0 Å². The number of hydrogen-bond donors (Lipinski definition) is 3. The van der Waals surface area contributed by atoms with E-state index in [2.05, 4.69) is 19.9 Å². The van der Waals surface area contributed by atoms with E-state index < -0.39 is 5.79 Å². The van der Waals surface area contributed by atoms with Crippen LogP contribution in [0.1, 0.15) is 65.2 Å². The molecule has 0 spiro atoms. The molecule has 0 aliphatic heterocycles. The third-order valence-electron chi connectivity index (χ3n) is 8.19. The SMILES string of the molecule is C[C@]12CCC(O)CC1=CC[C@@H]1[C@H]2CC[C@@]2(C)[C@H]1CCC2(O)O. The highest BCUT2D eigenvalue weighted by Gasteiger charge is 2.63. The third-order valence-corrected chi connectivity index (χ3v) is 8.19. The van der Waals surface area contributed by atoms with Crippen molar-refractivity contribution in [3.63, 3.8) is 0 Å². The summed E-state index contributed by atoms with van der Waals surface area (Å²) in [5.41, 5.74) is 1.39. The van der Waals surface area contributed by atoms with Crippen LogP contribution in [0.2, 0.25) is 0 Å². The minimum absolute atomic E-state index is 0.154. The average molecular weight is 306 g/mol. The van der Waals surface area contributed by atoms with Gasteiger partial charge >= 0.3 is 0 Å². The van der Waals surface area contributed by atoms with Gasteiger partial charge in [0.2, 0.25) is 0 Å². The van der Waals surface area contributed by atoms with Gasteiger partial charge in [0.15, 0.2) is 5.79 Å². The van der Waals surface area contributed by atoms with E-state index in [9.17, 15) is 15.3 Å². The molecule has 3 N–H and O–H groups in total. The zero-order valence-electron chi connectivity index (χ0n) is 13.9. The molecule has 0 aromatic heterocycles. The average Bonchev–Trinajstić information content (AvgIpc) is 2.70. The summed E-state index contributed by atoms with van der Waals surface area (Å²) in [7, 11) is 0. The van der Waals surface area contributed by atoms with Crippen molar-refractivity contribution in [1.82, 2.24) is 0 Å². The monoisotopic (exact) mass is 306 g/mol. The molecule has 124 valence electrons. The summed E-state index contributed by atoms with van der Waals surface area (Å²) < 4.78 is 0. The first-order valence-electron chi connectivity index (χ1n) is 9.10. The Hall–Kier alpha value is -0.380. The second kappa shape index (κ2) is 4.58. The van der Waals surface area contributed by atoms with Crippen LogP contribution in [0, 0.1) is 28.6 Å². The highest BCUT2D eigenvalue weighted by atomic mass is 16.5. The minimum Gasteiger partial charge on any atom is -0.393 e. The normalized spacial score (nSPS) is 53.2. The summed E-state index contributed by atoms with van der Waals surface area (Å²) in [5.74, 6) is 0.203. The lowest BCUT2D eigenvalue weighted by Crippen LogP contribution is -2.54. The van der Waals surface area contributed by atoms with Gasteiger partial charge in [-0.05, 0) is 68.1 Å². The Balaban J connectivity index is 1.69. The van der Waals surface area contributed by atoms with Crippen molar-refractivity contribution < 1.29 is 15.3 Å². The number of allylic oxidation sites excluding steroid dienone is 1. The Labute approximate surface area is 133 Å². The molecule has 3 fully saturated rings. The van der Waals surface area contributed by atoms with Crippen LogP contribution in [0.15, 0.2) is 11.6 Å². The molecule has 0 aromatic carbocycles. The molecule has 3 nitrogen and oxygen atoms in total. The molecule has 0 heterocycles. The van der Waals surface area contributed by atoms with Gasteiger partial charge in [0.1, 0.15) is 0 Å². The Morgan fingerprint density at radius 3 is 2.50 bits per heavy atom. The molecule has 0 saturated heterocycles. The summed E-state index contributed by atoms with van der Waals surface area (Å²) in [6, 6.07) is 0. The van der Waals surface area contributed by atoms with Crippen LogP contribution in [0.3, 0.4) is 0 Å². The van der Waals surface area contributed by atoms with Crippen molar-refractivity contribution in [3.05, 3.63) is 11.6 Å². The predicted octanol–water partition coefficient (Wildman–Crippen LogP) is 2.99. The maximum Gasteiger partial charge on any atom is 0.168 e. The van der Waals surface area contributed by atoms with E-state index in [1.807, 2.05) is 0 Å². The van der Waals surface area contributed by atoms with Gasteiger partial charge in [-0.25, -0.2) is 0 Å². The van der Waals surface area contributed by atoms with Gasteiger partial charge in [-0.3, -0.25) is 0 Å². The second-order valence-corrected chi connectivity index (χ2v) is 8.97. The van der Waals surface area contributed by atoms with E-state index in [-0.39, 0.29) is 16.9 Å². The van der Waals surface area contributed by atoms with Crippen LogP contribution >= 0.6 is 0 Å². The van der Waals surface area contributed by atoms with Crippen molar-refractivity contribution in [3.8, 4) is 0 Å². The summed E-state index contributed by atoms with van der Waals surface area (Å²) in [4.78, 5) is 0. The van der Waals surface area contributed by atoms with E-state index >= 15 is 0 Å². The van der Waals surface area contributed by atoms with Gasteiger partial charge in [0.25, 0.3) is 0 Å². The second-order valence-electron chi connectivity index (χ2n) is 8.97. The van der Waals surface area contributed by atoms with E-state index in [0.29, 0.717) is 24.2 Å². The molecule has 4 aliphatic carbocycles. The quantitative estimate of drug-likeness (QED) is 0.476. The third kappa shape index (κ3) is 1.79. The summed E-state index contributed by atoms with van der Waals surface area (Å²) in [6.07, 6.45) is 9.68. The highest BCUT2D eigenvalue weighted by molar-refractivity contribution is 5.25. The number of hydrogen-bond acceptors (Lipinski definition) is 3. The van der Waals surface area contributed by atoms with Gasteiger partial charge in [-0.2, -0.15) is 0 Å². The van der Waals surface area contributed by atoms with Crippen LogP contribution in [-0.2, 0) is 0 Å². The van der Waals surface area contributed by atoms with E-state index in [1.165, 1.54) is 5.57 Å². The summed E-state index contributed by atoms with van der Waals surface area (Å²) in [5, 5.41) is 31.0. The number of aliphatic hydroxyl groups excluding tert-OH is 1. The maximum absolute atomic E-state index is 10.5. The molecule has 0 aromatic rings. The van der Waals surface area contributed by atoms with Crippen LogP contribution < -0.4 is 0 Å². The van der Waals surface area contributed by atoms with Gasteiger partial charge in [-0.1, -0.05) is 25.5 Å². The fourth-order valence-electron chi connectivity index (χ4n) is 6.63. The van der Waals surface area contributed by atoms with E-state index in [0.717, 1.165) is 44.9 Å². The molecule has 0 bridgehead atoms. The molecule has 0 radical (unpaired) electrons. The Morgan fingerprint density at radius 1 is 1.00 bits per heavy atom. The summed E-state index contributed by atoms with van der Waals surface area (Å²) in [6.45, 7) is 4.51. The van der Waals surface area contributed by atoms with Crippen molar-refractivity contribution in [2.24, 2.45) is 28.6 Å². The molecule has 4 aliphatic rings. The first-order chi connectivity index (χ1) is 10.3. The molecular weight excluding hydrogens is 276 g/mol. The predicted molar refractivity (Wildman–Crippen MR) is 84.9 cm³/mol. The molecule has 3 saturated carbocycles. The minimum atomic E-state index is -1.48. The molecule has 4 rings (SSSR count). The molecule has 22 heavy (non-hydrogen) atoms. The number of fused-ring (bicyclic) bond motifs is 5. The zero-order valence-corrected chi connectivity index (χ0v) is 13.9. The number of rotatable bonds is 0. The maximum atomic E-state index is 10.5.